The molecule has 0 saturated carbocycles. The number of methoxy groups -OCH3 is 3. The van der Waals surface area contributed by atoms with Crippen LogP contribution in [0.3, 0.4) is 0 Å². The molecule has 0 saturated heterocycles. The van der Waals surface area contributed by atoms with Crippen molar-refractivity contribution >= 4 is 5.91 Å². The van der Waals surface area contributed by atoms with Crippen molar-refractivity contribution in [2.24, 2.45) is 0 Å². The molecule has 0 atom stereocenters. The molecule has 0 aliphatic heterocycles. The summed E-state index contributed by atoms with van der Waals surface area (Å²) in [5.41, 5.74) is 1.40. The Morgan fingerprint density at radius 3 is 2.12 bits per heavy atom. The van der Waals surface area contributed by atoms with Gasteiger partial charge < -0.3 is 24.3 Å². The number of ether oxygens (including phenoxy) is 4. The van der Waals surface area contributed by atoms with Crippen molar-refractivity contribution in [3.8, 4) is 23.0 Å². The van der Waals surface area contributed by atoms with E-state index in [9.17, 15) is 4.79 Å². The van der Waals surface area contributed by atoms with Gasteiger partial charge in [0.2, 0.25) is 0 Å². The van der Waals surface area contributed by atoms with E-state index in [1.165, 1.54) is 7.11 Å². The molecule has 0 fully saturated rings. The van der Waals surface area contributed by atoms with Crippen molar-refractivity contribution in [3.63, 3.8) is 0 Å². The monoisotopic (exact) mass is 359 g/mol. The maximum atomic E-state index is 12.4. The zero-order valence-electron chi connectivity index (χ0n) is 15.8. The lowest BCUT2D eigenvalue weighted by atomic mass is 10.1. The Morgan fingerprint density at radius 2 is 1.50 bits per heavy atom. The van der Waals surface area contributed by atoms with Crippen LogP contribution < -0.4 is 24.3 Å². The van der Waals surface area contributed by atoms with E-state index in [0.717, 1.165) is 5.56 Å². The number of hydrogen-bond acceptors (Lipinski definition) is 5. The van der Waals surface area contributed by atoms with E-state index in [4.69, 9.17) is 18.9 Å². The lowest BCUT2D eigenvalue weighted by Gasteiger charge is -2.15. The number of nitrogens with one attached hydrogen (secondary N) is 1. The molecule has 1 amide bonds. The summed E-state index contributed by atoms with van der Waals surface area (Å²) < 4.78 is 21.5. The highest BCUT2D eigenvalue weighted by molar-refractivity contribution is 5.94. The Balaban J connectivity index is 2.07. The molecule has 0 bridgehead atoms. The van der Waals surface area contributed by atoms with Crippen molar-refractivity contribution in [3.05, 3.63) is 47.5 Å². The Labute approximate surface area is 154 Å². The van der Waals surface area contributed by atoms with Crippen LogP contribution in [0.4, 0.5) is 0 Å². The first-order valence-corrected chi connectivity index (χ1v) is 8.32. The zero-order chi connectivity index (χ0) is 19.1. The molecule has 1 N–H and O–H groups in total. The first kappa shape index (κ1) is 19.4. The van der Waals surface area contributed by atoms with E-state index < -0.39 is 0 Å². The molecule has 26 heavy (non-hydrogen) atoms. The first-order chi connectivity index (χ1) is 12.5. The van der Waals surface area contributed by atoms with Gasteiger partial charge in [0.05, 0.1) is 27.4 Å². The predicted molar refractivity (Wildman–Crippen MR) is 99.5 cm³/mol. The second-order valence-corrected chi connectivity index (χ2v) is 5.90. The third-order valence-electron chi connectivity index (χ3n) is 3.69. The number of carbonyl (C=O) groups is 1. The van der Waals surface area contributed by atoms with E-state index >= 15 is 0 Å². The minimum Gasteiger partial charge on any atom is -0.493 e. The van der Waals surface area contributed by atoms with Gasteiger partial charge in [-0.05, 0) is 49.7 Å². The fourth-order valence-corrected chi connectivity index (χ4v) is 2.44. The standard InChI is InChI=1S/C20H25NO5/c1-13(2)26-17-8-6-14(10-18(17)24-4)12-21-20(22)15-7-9-16(23-3)19(11-15)25-5/h6-11,13H,12H2,1-5H3,(H,21,22). The molecule has 6 nitrogen and oxygen atoms in total. The quantitative estimate of drug-likeness (QED) is 0.782. The van der Waals surface area contributed by atoms with Gasteiger partial charge in [-0.2, -0.15) is 0 Å². The van der Waals surface area contributed by atoms with E-state index in [0.29, 0.717) is 35.1 Å². The summed E-state index contributed by atoms with van der Waals surface area (Å²) >= 11 is 0. The summed E-state index contributed by atoms with van der Waals surface area (Å²) in [5, 5.41) is 2.88. The normalized spacial score (nSPS) is 10.4. The van der Waals surface area contributed by atoms with Crippen molar-refractivity contribution in [2.75, 3.05) is 21.3 Å². The highest BCUT2D eigenvalue weighted by Gasteiger charge is 2.12. The Kier molecular flexibility index (Phi) is 6.72. The van der Waals surface area contributed by atoms with Crippen LogP contribution in [0.25, 0.3) is 0 Å². The van der Waals surface area contributed by atoms with Crippen LogP contribution in [0.15, 0.2) is 36.4 Å². The topological polar surface area (TPSA) is 66.0 Å². The predicted octanol–water partition coefficient (Wildman–Crippen LogP) is 3.43. The number of benzene rings is 2. The Bertz CT molecular complexity index is 758. The summed E-state index contributed by atoms with van der Waals surface area (Å²) in [7, 11) is 4.68. The second-order valence-electron chi connectivity index (χ2n) is 5.90. The zero-order valence-corrected chi connectivity index (χ0v) is 15.8. The molecule has 2 aromatic carbocycles. The van der Waals surface area contributed by atoms with Gasteiger partial charge in [-0.3, -0.25) is 4.79 Å². The van der Waals surface area contributed by atoms with Crippen LogP contribution in [-0.2, 0) is 6.54 Å². The molecule has 0 aliphatic carbocycles. The Morgan fingerprint density at radius 1 is 0.885 bits per heavy atom. The van der Waals surface area contributed by atoms with Gasteiger partial charge in [-0.15, -0.1) is 0 Å². The molecule has 0 aliphatic rings. The average molecular weight is 359 g/mol. The third-order valence-corrected chi connectivity index (χ3v) is 3.69. The summed E-state index contributed by atoms with van der Waals surface area (Å²) in [4.78, 5) is 12.4. The van der Waals surface area contributed by atoms with Crippen LogP contribution >= 0.6 is 0 Å². The van der Waals surface area contributed by atoms with Gasteiger partial charge in [-0.1, -0.05) is 6.07 Å². The number of hydrogen-bond donors (Lipinski definition) is 1. The smallest absolute Gasteiger partial charge is 0.251 e. The van der Waals surface area contributed by atoms with Crippen LogP contribution in [-0.4, -0.2) is 33.3 Å². The van der Waals surface area contributed by atoms with Gasteiger partial charge in [0.15, 0.2) is 23.0 Å². The second kappa shape index (κ2) is 8.99. The maximum absolute atomic E-state index is 12.4. The minimum absolute atomic E-state index is 0.0551. The largest absolute Gasteiger partial charge is 0.493 e. The molecule has 6 heteroatoms. The van der Waals surface area contributed by atoms with Crippen molar-refractivity contribution in [2.45, 2.75) is 26.5 Å². The highest BCUT2D eigenvalue weighted by atomic mass is 16.5. The lowest BCUT2D eigenvalue weighted by molar-refractivity contribution is 0.0950. The van der Waals surface area contributed by atoms with Crippen LogP contribution in [0.1, 0.15) is 29.8 Å². The molecule has 2 rings (SSSR count). The molecule has 0 spiro atoms. The van der Waals surface area contributed by atoms with Crippen LogP contribution in [0.2, 0.25) is 0 Å². The SMILES string of the molecule is COc1ccc(C(=O)NCc2ccc(OC(C)C)c(OC)c2)cc1OC. The molecule has 140 valence electrons. The van der Waals surface area contributed by atoms with Crippen LogP contribution in [0.5, 0.6) is 23.0 Å². The van der Waals surface area contributed by atoms with Gasteiger partial charge >= 0.3 is 0 Å². The van der Waals surface area contributed by atoms with Gasteiger partial charge in [-0.25, -0.2) is 0 Å². The minimum atomic E-state index is -0.201. The summed E-state index contributed by atoms with van der Waals surface area (Å²) in [6.45, 7) is 4.28. The van der Waals surface area contributed by atoms with E-state index in [1.807, 2.05) is 32.0 Å². The van der Waals surface area contributed by atoms with Gasteiger partial charge in [0, 0.05) is 12.1 Å². The first-order valence-electron chi connectivity index (χ1n) is 8.32. The summed E-state index contributed by atoms with van der Waals surface area (Å²) in [6, 6.07) is 10.6. The molecule has 0 heterocycles. The van der Waals surface area contributed by atoms with Crippen molar-refractivity contribution in [1.82, 2.24) is 5.32 Å². The summed E-state index contributed by atoms with van der Waals surface area (Å²) in [6.07, 6.45) is 0.0551. The molecule has 0 radical (unpaired) electrons. The van der Waals surface area contributed by atoms with Crippen LogP contribution in [0, 0.1) is 0 Å². The van der Waals surface area contributed by atoms with E-state index in [-0.39, 0.29) is 12.0 Å². The molecule has 2 aromatic rings. The number of rotatable bonds is 8. The van der Waals surface area contributed by atoms with Gasteiger partial charge in [0.1, 0.15) is 0 Å². The van der Waals surface area contributed by atoms with E-state index in [2.05, 4.69) is 5.32 Å². The fraction of sp³-hybridized carbons (Fsp3) is 0.350. The molecular formula is C20H25NO5. The average Bonchev–Trinajstić information content (AvgIpc) is 2.65. The molecule has 0 aromatic heterocycles. The number of carbonyl (C=O) groups excluding carboxylic acids is 1. The molecule has 0 unspecified atom stereocenters. The lowest BCUT2D eigenvalue weighted by Crippen LogP contribution is -2.22. The maximum Gasteiger partial charge on any atom is 0.251 e. The van der Waals surface area contributed by atoms with Gasteiger partial charge in [0.25, 0.3) is 5.91 Å². The van der Waals surface area contributed by atoms with Crippen molar-refractivity contribution in [1.29, 1.82) is 0 Å². The Hall–Kier alpha value is -2.89. The van der Waals surface area contributed by atoms with E-state index in [1.54, 1.807) is 32.4 Å². The molecular weight excluding hydrogens is 334 g/mol. The fourth-order valence-electron chi connectivity index (χ4n) is 2.44. The van der Waals surface area contributed by atoms with Crippen molar-refractivity contribution < 1.29 is 23.7 Å². The number of amides is 1. The third kappa shape index (κ3) is 4.81. The highest BCUT2D eigenvalue weighted by Crippen LogP contribution is 2.29. The summed E-state index contributed by atoms with van der Waals surface area (Å²) in [5.74, 6) is 2.20.